The molecule has 3 heteroatoms. The van der Waals surface area contributed by atoms with E-state index < -0.39 is 0 Å². The first kappa shape index (κ1) is 25.7. The van der Waals surface area contributed by atoms with Gasteiger partial charge in [0.05, 0.1) is 0 Å². The Morgan fingerprint density at radius 3 is 1.48 bits per heavy atom. The van der Waals surface area contributed by atoms with Crippen LogP contribution in [0.25, 0.3) is 0 Å². The minimum absolute atomic E-state index is 0. The van der Waals surface area contributed by atoms with Crippen LogP contribution in [0.4, 0.5) is 0 Å². The normalized spacial score (nSPS) is 14.8. The molecule has 2 aliphatic rings. The van der Waals surface area contributed by atoms with Crippen LogP contribution in [0.2, 0.25) is 0 Å². The van der Waals surface area contributed by atoms with Gasteiger partial charge in [-0.1, -0.05) is 13.8 Å². The molecule has 0 heterocycles. The molecule has 21 heavy (non-hydrogen) atoms. The molecule has 0 nitrogen and oxygen atoms in total. The predicted molar refractivity (Wildman–Crippen MR) is 79.9 cm³/mol. The van der Waals surface area contributed by atoms with Crippen LogP contribution in [-0.4, -0.2) is 0 Å². The summed E-state index contributed by atoms with van der Waals surface area (Å²) in [6.07, 6.45) is 27.5. The molecule has 112 valence electrons. The molecule has 0 radical (unpaired) electrons. The molecule has 0 aromatic carbocycles. The van der Waals surface area contributed by atoms with E-state index in [9.17, 15) is 0 Å². The van der Waals surface area contributed by atoms with Gasteiger partial charge >= 0.3 is 21.7 Å². The Hall–Kier alpha value is -0.266. The van der Waals surface area contributed by atoms with Gasteiger partial charge in [-0.2, -0.15) is 23.3 Å². The molecule has 0 spiro atoms. The topological polar surface area (TPSA) is 0 Å². The minimum atomic E-state index is 0. The molecule has 0 saturated carbocycles. The molecule has 0 N–H and O–H groups in total. The second kappa shape index (κ2) is 17.8. The first-order valence-corrected chi connectivity index (χ1v) is 6.73. The maximum absolute atomic E-state index is 3.11. The molecule has 0 aliphatic heterocycles. The summed E-state index contributed by atoms with van der Waals surface area (Å²) in [6, 6.07) is 0. The standard InChI is InChI=1S/2C9H11.2ClH.Ti/c2*1-2-3-6-9-7-4-5-8-9;;;/h2*3,6-8H,2,4H2,1H3;2*1H;/q2*-1;;;+4/p-2/b2*6-3+;;;. The predicted octanol–water partition coefficient (Wildman–Crippen LogP) is -0.710. The van der Waals surface area contributed by atoms with Crippen LogP contribution in [0.3, 0.4) is 0 Å². The first-order chi connectivity index (χ1) is 8.86. The zero-order valence-electron chi connectivity index (χ0n) is 12.7. The second-order valence-corrected chi connectivity index (χ2v) is 4.13. The monoisotopic (exact) mass is 356 g/mol. The Balaban J connectivity index is -0.000000270. The van der Waals surface area contributed by atoms with E-state index >= 15 is 0 Å². The van der Waals surface area contributed by atoms with Crippen LogP contribution in [0.1, 0.15) is 39.5 Å². The zero-order chi connectivity index (χ0) is 13.1. The molecule has 0 bridgehead atoms. The van der Waals surface area contributed by atoms with Gasteiger partial charge in [-0.3, -0.25) is 12.2 Å². The summed E-state index contributed by atoms with van der Waals surface area (Å²) >= 11 is 0. The Labute approximate surface area is 157 Å². The Morgan fingerprint density at radius 1 is 0.857 bits per heavy atom. The summed E-state index contributed by atoms with van der Waals surface area (Å²) in [7, 11) is 0. The number of rotatable bonds is 4. The largest absolute Gasteiger partial charge is 4.00 e. The fourth-order valence-corrected chi connectivity index (χ4v) is 1.57. The molecule has 0 atom stereocenters. The van der Waals surface area contributed by atoms with Gasteiger partial charge in [0.25, 0.3) is 0 Å². The van der Waals surface area contributed by atoms with Gasteiger partial charge in [0.1, 0.15) is 0 Å². The van der Waals surface area contributed by atoms with Crippen molar-refractivity contribution in [2.75, 3.05) is 0 Å². The molecule has 0 unspecified atom stereocenters. The van der Waals surface area contributed by atoms with E-state index in [4.69, 9.17) is 0 Å². The molecule has 0 aromatic heterocycles. The van der Waals surface area contributed by atoms with Crippen molar-refractivity contribution in [3.05, 3.63) is 71.9 Å². The fraction of sp³-hybridized carbons (Fsp3) is 0.333. The minimum Gasteiger partial charge on any atom is -1.00 e. The van der Waals surface area contributed by atoms with E-state index in [0.717, 1.165) is 25.7 Å². The van der Waals surface area contributed by atoms with E-state index in [0.29, 0.717) is 0 Å². The maximum Gasteiger partial charge on any atom is 4.00 e. The molecule has 0 amide bonds. The summed E-state index contributed by atoms with van der Waals surface area (Å²) in [5.41, 5.74) is 2.61. The van der Waals surface area contributed by atoms with Gasteiger partial charge in [0.15, 0.2) is 0 Å². The van der Waals surface area contributed by atoms with Crippen LogP contribution < -0.4 is 24.8 Å². The summed E-state index contributed by atoms with van der Waals surface area (Å²) in [4.78, 5) is 0. The van der Waals surface area contributed by atoms with Crippen molar-refractivity contribution in [2.24, 2.45) is 0 Å². The molecule has 2 rings (SSSR count). The zero-order valence-corrected chi connectivity index (χ0v) is 15.8. The van der Waals surface area contributed by atoms with Gasteiger partial charge in [-0.15, -0.1) is 37.1 Å². The maximum atomic E-state index is 3.11. The van der Waals surface area contributed by atoms with Gasteiger partial charge < -0.3 is 24.8 Å². The molecule has 2 aliphatic carbocycles. The number of allylic oxidation sites excluding steroid dienone is 12. The SMILES string of the molecule is CC/C=C/C1=CC[C-]=C1.CC/C=C/C1=CC[C-]=C1.[Cl-].[Cl-].[Ti+4]. The van der Waals surface area contributed by atoms with Crippen LogP contribution in [0, 0.1) is 12.2 Å². The van der Waals surface area contributed by atoms with Crippen LogP contribution in [0.15, 0.2) is 59.8 Å². The van der Waals surface area contributed by atoms with Gasteiger partial charge in [0, 0.05) is 0 Å². The molecular weight excluding hydrogens is 335 g/mol. The van der Waals surface area contributed by atoms with E-state index in [1.807, 2.05) is 12.2 Å². The summed E-state index contributed by atoms with van der Waals surface area (Å²) in [5.74, 6) is 0. The van der Waals surface area contributed by atoms with Crippen molar-refractivity contribution < 1.29 is 46.5 Å². The first-order valence-electron chi connectivity index (χ1n) is 6.73. The van der Waals surface area contributed by atoms with Gasteiger partial charge in [0.2, 0.25) is 0 Å². The van der Waals surface area contributed by atoms with Crippen LogP contribution in [-0.2, 0) is 21.7 Å². The van der Waals surface area contributed by atoms with Crippen molar-refractivity contribution >= 4 is 0 Å². The van der Waals surface area contributed by atoms with Gasteiger partial charge in [-0.25, -0.2) is 12.2 Å². The molecular formula is C18H22Cl2Ti. The Kier molecular flexibility index (Phi) is 21.7. The van der Waals surface area contributed by atoms with Crippen LogP contribution >= 0.6 is 0 Å². The average molecular weight is 357 g/mol. The number of hydrogen-bond acceptors (Lipinski definition) is 0. The van der Waals surface area contributed by atoms with Crippen molar-refractivity contribution in [3.8, 4) is 0 Å². The van der Waals surface area contributed by atoms with E-state index in [-0.39, 0.29) is 46.5 Å². The van der Waals surface area contributed by atoms with Crippen molar-refractivity contribution in [2.45, 2.75) is 39.5 Å². The fourth-order valence-electron chi connectivity index (χ4n) is 1.57. The van der Waals surface area contributed by atoms with E-state index in [1.165, 1.54) is 11.1 Å². The summed E-state index contributed by atoms with van der Waals surface area (Å²) < 4.78 is 0. The van der Waals surface area contributed by atoms with Crippen molar-refractivity contribution in [1.82, 2.24) is 0 Å². The molecule has 0 aromatic rings. The van der Waals surface area contributed by atoms with Crippen molar-refractivity contribution in [3.63, 3.8) is 0 Å². The molecule has 0 fully saturated rings. The Morgan fingerprint density at radius 2 is 1.24 bits per heavy atom. The number of halogens is 2. The molecule has 0 saturated heterocycles. The van der Waals surface area contributed by atoms with Crippen molar-refractivity contribution in [1.29, 1.82) is 0 Å². The smallest absolute Gasteiger partial charge is 1.00 e. The van der Waals surface area contributed by atoms with E-state index in [2.05, 4.69) is 62.5 Å². The second-order valence-electron chi connectivity index (χ2n) is 4.13. The van der Waals surface area contributed by atoms with Crippen LogP contribution in [0.5, 0.6) is 0 Å². The third-order valence-electron chi connectivity index (χ3n) is 2.54. The quantitative estimate of drug-likeness (QED) is 0.461. The van der Waals surface area contributed by atoms with E-state index in [1.54, 1.807) is 0 Å². The average Bonchev–Trinajstić information content (AvgIpc) is 3.07. The summed E-state index contributed by atoms with van der Waals surface area (Å²) in [6.45, 7) is 4.28. The number of hydrogen-bond donors (Lipinski definition) is 0. The third-order valence-corrected chi connectivity index (χ3v) is 2.54. The Bertz CT molecular complexity index is 373. The summed E-state index contributed by atoms with van der Waals surface area (Å²) in [5, 5.41) is 0. The third kappa shape index (κ3) is 13.1. The van der Waals surface area contributed by atoms with Gasteiger partial charge in [-0.05, 0) is 12.8 Å².